The summed E-state index contributed by atoms with van der Waals surface area (Å²) in [5, 5.41) is 3.97. The first-order valence-electron chi connectivity index (χ1n) is 9.69. The Hall–Kier alpha value is -1.80. The molecule has 6 nitrogen and oxygen atoms in total. The van der Waals surface area contributed by atoms with Gasteiger partial charge in [0, 0.05) is 0 Å². The Labute approximate surface area is 187 Å². The molecule has 0 bridgehead atoms. The number of hydrogen-bond donors (Lipinski definition) is 2. The summed E-state index contributed by atoms with van der Waals surface area (Å²) in [5.74, 6) is -0.582. The summed E-state index contributed by atoms with van der Waals surface area (Å²) >= 11 is 12.3. The number of rotatable bonds is 7. The Morgan fingerprint density at radius 2 is 1.80 bits per heavy atom. The Morgan fingerprint density at radius 3 is 2.37 bits per heavy atom. The molecule has 1 aliphatic heterocycles. The van der Waals surface area contributed by atoms with Crippen molar-refractivity contribution >= 4 is 44.8 Å². The Balaban J connectivity index is 1.90. The number of halogens is 2. The molecule has 0 aromatic heterocycles. The number of piperidine rings is 1. The quantitative estimate of drug-likeness (QED) is 0.648. The van der Waals surface area contributed by atoms with Crippen LogP contribution in [0.4, 0.5) is 5.69 Å². The molecule has 162 valence electrons. The van der Waals surface area contributed by atoms with Crippen molar-refractivity contribution < 1.29 is 13.2 Å². The molecule has 1 atom stereocenters. The van der Waals surface area contributed by atoms with Crippen molar-refractivity contribution in [3.63, 3.8) is 0 Å². The highest BCUT2D eigenvalue weighted by atomic mass is 35.5. The predicted molar refractivity (Wildman–Crippen MR) is 121 cm³/mol. The lowest BCUT2D eigenvalue weighted by Gasteiger charge is -2.29. The summed E-state index contributed by atoms with van der Waals surface area (Å²) < 4.78 is 26.2. The van der Waals surface area contributed by atoms with Crippen LogP contribution in [-0.2, 0) is 21.4 Å². The minimum absolute atomic E-state index is 0.0467. The van der Waals surface area contributed by atoms with Crippen LogP contribution in [0.25, 0.3) is 0 Å². The van der Waals surface area contributed by atoms with Crippen LogP contribution in [0.3, 0.4) is 0 Å². The monoisotopic (exact) mass is 469 g/mol. The number of nitrogens with zero attached hydrogens (tertiary/aromatic N) is 1. The molecule has 2 aromatic carbocycles. The predicted octanol–water partition coefficient (Wildman–Crippen LogP) is 3.53. The Bertz CT molecular complexity index is 1010. The molecule has 0 spiro atoms. The smallest absolute Gasteiger partial charge is 0.232 e. The second kappa shape index (κ2) is 9.56. The van der Waals surface area contributed by atoms with Gasteiger partial charge in [0.05, 0.1) is 34.5 Å². The lowest BCUT2D eigenvalue weighted by atomic mass is 9.80. The zero-order valence-electron chi connectivity index (χ0n) is 16.6. The number of amides is 1. The van der Waals surface area contributed by atoms with E-state index in [1.165, 1.54) is 4.31 Å². The number of nitrogens with one attached hydrogen (secondary N) is 1. The zero-order valence-corrected chi connectivity index (χ0v) is 19.0. The first-order chi connectivity index (χ1) is 14.2. The first-order valence-corrected chi connectivity index (χ1v) is 12.3. The maximum atomic E-state index is 12.5. The summed E-state index contributed by atoms with van der Waals surface area (Å²) in [4.78, 5) is 12.2. The van der Waals surface area contributed by atoms with Crippen LogP contribution in [0, 0.1) is 5.92 Å². The van der Waals surface area contributed by atoms with Gasteiger partial charge in [-0.3, -0.25) is 9.10 Å². The van der Waals surface area contributed by atoms with E-state index < -0.39 is 15.9 Å². The van der Waals surface area contributed by atoms with E-state index in [-0.39, 0.29) is 18.4 Å². The van der Waals surface area contributed by atoms with Crippen molar-refractivity contribution in [2.75, 3.05) is 23.7 Å². The largest absolute Gasteiger partial charge is 0.369 e. The maximum Gasteiger partial charge on any atom is 0.232 e. The second-order valence-electron chi connectivity index (χ2n) is 7.54. The molecule has 1 fully saturated rings. The van der Waals surface area contributed by atoms with Crippen molar-refractivity contribution in [2.45, 2.75) is 25.3 Å². The second-order valence-corrected chi connectivity index (χ2v) is 10.2. The molecule has 0 saturated carbocycles. The molecular formula is C21H25Cl2N3O3S. The van der Waals surface area contributed by atoms with E-state index in [0.29, 0.717) is 21.3 Å². The first kappa shape index (κ1) is 22.9. The number of benzene rings is 2. The fourth-order valence-corrected chi connectivity index (χ4v) is 5.18. The molecule has 3 N–H and O–H groups in total. The minimum Gasteiger partial charge on any atom is -0.369 e. The molecule has 1 saturated heterocycles. The lowest BCUT2D eigenvalue weighted by molar-refractivity contribution is -0.120. The van der Waals surface area contributed by atoms with Gasteiger partial charge >= 0.3 is 0 Å². The van der Waals surface area contributed by atoms with Crippen molar-refractivity contribution in [3.8, 4) is 0 Å². The van der Waals surface area contributed by atoms with E-state index in [4.69, 9.17) is 28.9 Å². The molecule has 1 aliphatic rings. The summed E-state index contributed by atoms with van der Waals surface area (Å²) in [7, 11) is -3.58. The van der Waals surface area contributed by atoms with Crippen LogP contribution in [0.2, 0.25) is 10.0 Å². The van der Waals surface area contributed by atoms with Crippen molar-refractivity contribution in [2.24, 2.45) is 11.7 Å². The van der Waals surface area contributed by atoms with Gasteiger partial charge in [-0.05, 0) is 61.2 Å². The molecule has 3 rings (SSSR count). The summed E-state index contributed by atoms with van der Waals surface area (Å²) in [6, 6.07) is 12.1. The molecule has 0 aliphatic carbocycles. The van der Waals surface area contributed by atoms with Crippen LogP contribution < -0.4 is 15.4 Å². The molecular weight excluding hydrogens is 445 g/mol. The third-order valence-electron chi connectivity index (χ3n) is 5.45. The molecule has 0 radical (unpaired) electrons. The highest BCUT2D eigenvalue weighted by Gasteiger charge is 2.29. The average Bonchev–Trinajstić information content (AvgIpc) is 2.70. The number of anilines is 1. The van der Waals surface area contributed by atoms with Gasteiger partial charge in [-0.15, -0.1) is 0 Å². The molecule has 30 heavy (non-hydrogen) atoms. The molecule has 2 aromatic rings. The van der Waals surface area contributed by atoms with Crippen molar-refractivity contribution in [3.05, 3.63) is 63.6 Å². The van der Waals surface area contributed by atoms with Crippen LogP contribution in [0.1, 0.15) is 29.9 Å². The summed E-state index contributed by atoms with van der Waals surface area (Å²) in [6.45, 7) is 1.76. The standard InChI is InChI=1S/C21H25Cl2N3O3S/c1-30(28,29)26(13-16-3-2-4-18(22)20(16)23)17-7-5-14(6-8-17)19(21(24)27)15-9-11-25-12-10-15/h2-8,15,19,25H,9-13H2,1H3,(H2,24,27). The van der Waals surface area contributed by atoms with E-state index in [0.717, 1.165) is 37.8 Å². The van der Waals surface area contributed by atoms with E-state index in [1.54, 1.807) is 42.5 Å². The number of carbonyl (C=O) groups is 1. The van der Waals surface area contributed by atoms with Gasteiger partial charge in [-0.1, -0.05) is 47.5 Å². The van der Waals surface area contributed by atoms with Crippen LogP contribution in [0.15, 0.2) is 42.5 Å². The highest BCUT2D eigenvalue weighted by molar-refractivity contribution is 7.92. The van der Waals surface area contributed by atoms with Gasteiger partial charge in [0.1, 0.15) is 0 Å². The number of carbonyl (C=O) groups excluding carboxylic acids is 1. The van der Waals surface area contributed by atoms with Gasteiger partial charge in [-0.25, -0.2) is 8.42 Å². The van der Waals surface area contributed by atoms with E-state index in [2.05, 4.69) is 5.32 Å². The maximum absolute atomic E-state index is 12.5. The number of nitrogens with two attached hydrogens (primary N) is 1. The van der Waals surface area contributed by atoms with E-state index in [9.17, 15) is 13.2 Å². The van der Waals surface area contributed by atoms with Gasteiger partial charge in [-0.2, -0.15) is 0 Å². The Kier molecular flexibility index (Phi) is 7.29. The fourth-order valence-electron chi connectivity index (χ4n) is 3.92. The average molecular weight is 470 g/mol. The minimum atomic E-state index is -3.58. The highest BCUT2D eigenvalue weighted by Crippen LogP contribution is 2.33. The van der Waals surface area contributed by atoms with Crippen molar-refractivity contribution in [1.29, 1.82) is 0 Å². The van der Waals surface area contributed by atoms with Gasteiger partial charge in [0.15, 0.2) is 0 Å². The number of hydrogen-bond acceptors (Lipinski definition) is 4. The summed E-state index contributed by atoms with van der Waals surface area (Å²) in [5.41, 5.74) is 7.58. The molecule has 1 amide bonds. The van der Waals surface area contributed by atoms with Crippen LogP contribution >= 0.6 is 23.2 Å². The number of sulfonamides is 1. The SMILES string of the molecule is CS(=O)(=O)N(Cc1cccc(Cl)c1Cl)c1ccc(C(C(N)=O)C2CCNCC2)cc1. The van der Waals surface area contributed by atoms with Gasteiger partial charge in [0.2, 0.25) is 15.9 Å². The molecule has 1 unspecified atom stereocenters. The topological polar surface area (TPSA) is 92.5 Å². The van der Waals surface area contributed by atoms with E-state index >= 15 is 0 Å². The van der Waals surface area contributed by atoms with Gasteiger partial charge in [0.25, 0.3) is 0 Å². The normalized spacial score (nSPS) is 16.2. The Morgan fingerprint density at radius 1 is 1.17 bits per heavy atom. The van der Waals surface area contributed by atoms with Crippen molar-refractivity contribution in [1.82, 2.24) is 5.32 Å². The van der Waals surface area contributed by atoms with Crippen LogP contribution in [0.5, 0.6) is 0 Å². The molecule has 9 heteroatoms. The molecule has 1 heterocycles. The van der Waals surface area contributed by atoms with E-state index in [1.807, 2.05) is 0 Å². The van der Waals surface area contributed by atoms with Crippen LogP contribution in [-0.4, -0.2) is 33.7 Å². The fraction of sp³-hybridized carbons (Fsp3) is 0.381. The lowest BCUT2D eigenvalue weighted by Crippen LogP contribution is -2.36. The summed E-state index contributed by atoms with van der Waals surface area (Å²) in [6.07, 6.45) is 2.89. The third kappa shape index (κ3) is 5.27. The van der Waals surface area contributed by atoms with Gasteiger partial charge < -0.3 is 11.1 Å². The number of primary amides is 1. The third-order valence-corrected chi connectivity index (χ3v) is 7.45. The zero-order chi connectivity index (χ0) is 21.9.